The van der Waals surface area contributed by atoms with E-state index in [1.165, 1.54) is 0 Å². The highest BCUT2D eigenvalue weighted by Gasteiger charge is 2.45. The molecular weight excluding hydrogens is 434 g/mol. The third-order valence-corrected chi connectivity index (χ3v) is 6.13. The number of benzene rings is 2. The van der Waals surface area contributed by atoms with Crippen molar-refractivity contribution < 1.29 is 44.5 Å². The van der Waals surface area contributed by atoms with E-state index in [0.717, 1.165) is 10.9 Å². The largest absolute Gasteiger partial charge is 0.461 e. The normalized spacial score (nSPS) is 26.7. The Morgan fingerprint density at radius 1 is 1.00 bits per heavy atom. The van der Waals surface area contributed by atoms with Crippen LogP contribution in [-0.4, -0.2) is 74.2 Å². The molecule has 1 fully saturated rings. The van der Waals surface area contributed by atoms with Crippen molar-refractivity contribution in [3.63, 3.8) is 0 Å². The summed E-state index contributed by atoms with van der Waals surface area (Å²) in [6.45, 7) is -0.760. The molecule has 33 heavy (non-hydrogen) atoms. The summed E-state index contributed by atoms with van der Waals surface area (Å²) in [7, 11) is 1.87. The smallest absolute Gasteiger partial charge is 0.231 e. The highest BCUT2D eigenvalue weighted by atomic mass is 16.7. The fourth-order valence-electron chi connectivity index (χ4n) is 4.37. The van der Waals surface area contributed by atoms with Crippen LogP contribution in [0.2, 0.25) is 0 Å². The lowest BCUT2D eigenvalue weighted by atomic mass is 9.96. The molecule has 5 rings (SSSR count). The highest BCUT2D eigenvalue weighted by molar-refractivity contribution is 5.99. The number of aliphatic hydroxyl groups is 5. The van der Waals surface area contributed by atoms with Gasteiger partial charge in [-0.1, -0.05) is 0 Å². The molecule has 0 aliphatic carbocycles. The summed E-state index contributed by atoms with van der Waals surface area (Å²) in [4.78, 5) is 0. The maximum atomic E-state index is 10.5. The molecule has 176 valence electrons. The van der Waals surface area contributed by atoms with E-state index < -0.39 is 37.3 Å². The van der Waals surface area contributed by atoms with Crippen LogP contribution < -0.4 is 14.2 Å². The summed E-state index contributed by atoms with van der Waals surface area (Å²) in [5.41, 5.74) is 2.62. The Labute approximate surface area is 188 Å². The number of fused-ring (bicyclic) bond motifs is 2. The summed E-state index contributed by atoms with van der Waals surface area (Å²) >= 11 is 0. The molecule has 0 amide bonds. The molecule has 3 aromatic rings. The van der Waals surface area contributed by atoms with Crippen molar-refractivity contribution in [2.75, 3.05) is 13.4 Å². The van der Waals surface area contributed by atoms with Crippen LogP contribution in [0.5, 0.6) is 17.2 Å². The van der Waals surface area contributed by atoms with Gasteiger partial charge in [0.05, 0.1) is 18.7 Å². The van der Waals surface area contributed by atoms with Gasteiger partial charge >= 0.3 is 0 Å². The number of rotatable bonds is 5. The Hall–Kier alpha value is -2.86. The first kappa shape index (κ1) is 22.0. The minimum Gasteiger partial charge on any atom is -0.461 e. The molecule has 5 N–H and O–H groups in total. The Balaban J connectivity index is 1.65. The molecule has 2 aliphatic rings. The molecule has 1 aromatic heterocycles. The van der Waals surface area contributed by atoms with E-state index in [-0.39, 0.29) is 13.4 Å². The minimum absolute atomic E-state index is 0.0756. The molecule has 2 aromatic carbocycles. The quantitative estimate of drug-likeness (QED) is 0.363. The van der Waals surface area contributed by atoms with Crippen LogP contribution in [0.15, 0.2) is 36.5 Å². The van der Waals surface area contributed by atoms with Crippen molar-refractivity contribution in [1.82, 2.24) is 4.57 Å². The first-order valence-electron chi connectivity index (χ1n) is 10.5. The summed E-state index contributed by atoms with van der Waals surface area (Å²) in [6, 6.07) is 8.93. The number of nitrogens with zero attached hydrogens (tertiary/aromatic N) is 1. The monoisotopic (exact) mass is 459 g/mol. The average Bonchev–Trinajstić information content (AvgIpc) is 3.44. The van der Waals surface area contributed by atoms with Gasteiger partial charge in [-0.05, 0) is 41.5 Å². The zero-order valence-electron chi connectivity index (χ0n) is 17.8. The number of hydrogen-bond acceptors (Lipinski definition) is 9. The van der Waals surface area contributed by atoms with Gasteiger partial charge in [0, 0.05) is 24.2 Å². The third kappa shape index (κ3) is 3.61. The van der Waals surface area contributed by atoms with E-state index in [1.54, 1.807) is 18.2 Å². The van der Waals surface area contributed by atoms with Gasteiger partial charge < -0.3 is 49.0 Å². The zero-order chi connectivity index (χ0) is 23.3. The van der Waals surface area contributed by atoms with Crippen molar-refractivity contribution >= 4 is 10.9 Å². The van der Waals surface area contributed by atoms with Crippen molar-refractivity contribution in [2.45, 2.75) is 37.3 Å². The first-order valence-corrected chi connectivity index (χ1v) is 10.5. The Bertz CT molecular complexity index is 1170. The summed E-state index contributed by atoms with van der Waals surface area (Å²) < 4.78 is 24.5. The lowest BCUT2D eigenvalue weighted by Gasteiger charge is -2.39. The Morgan fingerprint density at radius 2 is 1.76 bits per heavy atom. The molecule has 2 aliphatic heterocycles. The minimum atomic E-state index is -1.57. The van der Waals surface area contributed by atoms with Crippen molar-refractivity contribution in [2.24, 2.45) is 7.05 Å². The van der Waals surface area contributed by atoms with E-state index in [2.05, 4.69) is 0 Å². The van der Waals surface area contributed by atoms with Gasteiger partial charge in [0.25, 0.3) is 0 Å². The van der Waals surface area contributed by atoms with E-state index in [0.29, 0.717) is 33.9 Å². The fourth-order valence-corrected chi connectivity index (χ4v) is 4.37. The number of ether oxygens (including phenoxy) is 4. The van der Waals surface area contributed by atoms with Gasteiger partial charge in [-0.3, -0.25) is 0 Å². The van der Waals surface area contributed by atoms with Crippen LogP contribution in [0.1, 0.15) is 5.56 Å². The summed E-state index contributed by atoms with van der Waals surface area (Å²) in [6.07, 6.45) is -5.19. The molecule has 5 atom stereocenters. The second kappa shape index (κ2) is 8.49. The van der Waals surface area contributed by atoms with Crippen LogP contribution in [0.25, 0.3) is 22.0 Å². The van der Waals surface area contributed by atoms with Crippen molar-refractivity contribution in [1.29, 1.82) is 0 Å². The van der Waals surface area contributed by atoms with Crippen molar-refractivity contribution in [3.05, 3.63) is 42.1 Å². The third-order valence-electron chi connectivity index (χ3n) is 6.13. The molecule has 0 radical (unpaired) electrons. The maximum Gasteiger partial charge on any atom is 0.231 e. The summed E-state index contributed by atoms with van der Waals surface area (Å²) in [5, 5.41) is 51.2. The fraction of sp³-hybridized carbons (Fsp3) is 0.391. The van der Waals surface area contributed by atoms with Gasteiger partial charge in [-0.2, -0.15) is 0 Å². The van der Waals surface area contributed by atoms with Crippen LogP contribution in [-0.2, 0) is 18.4 Å². The highest BCUT2D eigenvalue weighted by Crippen LogP contribution is 2.45. The average molecular weight is 459 g/mol. The van der Waals surface area contributed by atoms with Crippen LogP contribution >= 0.6 is 0 Å². The van der Waals surface area contributed by atoms with Gasteiger partial charge in [0.2, 0.25) is 13.1 Å². The lowest BCUT2D eigenvalue weighted by molar-refractivity contribution is -0.277. The number of hydrogen-bond donors (Lipinski definition) is 5. The first-order chi connectivity index (χ1) is 15.9. The van der Waals surface area contributed by atoms with Crippen LogP contribution in [0.4, 0.5) is 0 Å². The van der Waals surface area contributed by atoms with E-state index in [9.17, 15) is 25.5 Å². The molecule has 10 nitrogen and oxygen atoms in total. The maximum absolute atomic E-state index is 10.5. The topological polar surface area (TPSA) is 143 Å². The predicted octanol–water partition coefficient (Wildman–Crippen LogP) is 0.245. The Kier molecular flexibility index (Phi) is 5.65. The molecule has 0 unspecified atom stereocenters. The van der Waals surface area contributed by atoms with Gasteiger partial charge in [0.1, 0.15) is 30.2 Å². The van der Waals surface area contributed by atoms with Crippen LogP contribution in [0.3, 0.4) is 0 Å². The molecule has 3 heterocycles. The van der Waals surface area contributed by atoms with E-state index in [4.69, 9.17) is 18.9 Å². The molecule has 0 saturated carbocycles. The standard InChI is InChI=1S/C23H25NO9/c1-24-5-4-11-2-3-14(32-23-22(29)21(28)20(27)17(9-26)33-23)18(19(11)24)13-7-16-15(30-10-31-16)6-12(13)8-25/h2-7,17,20-23,25-29H,8-10H2,1H3/t17-,20-,21+,22-,23-/m1/s1. The second-order valence-electron chi connectivity index (χ2n) is 8.14. The predicted molar refractivity (Wildman–Crippen MR) is 115 cm³/mol. The van der Waals surface area contributed by atoms with Gasteiger partial charge in [-0.15, -0.1) is 0 Å². The lowest BCUT2D eigenvalue weighted by Crippen LogP contribution is -2.60. The van der Waals surface area contributed by atoms with Crippen molar-refractivity contribution in [3.8, 4) is 28.4 Å². The summed E-state index contributed by atoms with van der Waals surface area (Å²) in [5.74, 6) is 1.35. The number of aryl methyl sites for hydroxylation is 1. The molecular formula is C23H25NO9. The van der Waals surface area contributed by atoms with E-state index >= 15 is 0 Å². The molecule has 1 saturated heterocycles. The van der Waals surface area contributed by atoms with Crippen LogP contribution in [0, 0.1) is 0 Å². The van der Waals surface area contributed by atoms with Gasteiger partial charge in [0.15, 0.2) is 11.5 Å². The molecule has 10 heteroatoms. The SMILES string of the molecule is Cn1ccc2ccc(O[C@@H]3O[C@H](CO)[C@@H](O)[C@H](O)[C@H]3O)c(-c3cc4c(cc3CO)OCO4)c21. The van der Waals surface area contributed by atoms with E-state index in [1.807, 2.05) is 29.9 Å². The number of aliphatic hydroxyl groups excluding tert-OH is 5. The molecule has 0 bridgehead atoms. The van der Waals surface area contributed by atoms with Gasteiger partial charge in [-0.25, -0.2) is 0 Å². The second-order valence-corrected chi connectivity index (χ2v) is 8.14. The number of aromatic nitrogens is 1. The molecule has 0 spiro atoms. The Morgan fingerprint density at radius 3 is 2.48 bits per heavy atom. The zero-order valence-corrected chi connectivity index (χ0v) is 17.8.